The molecule has 0 saturated heterocycles. The van der Waals surface area contributed by atoms with Crippen molar-refractivity contribution >= 4 is 11.4 Å². The molecule has 0 bridgehead atoms. The molecule has 0 radical (unpaired) electrons. The van der Waals surface area contributed by atoms with Crippen molar-refractivity contribution in [2.45, 2.75) is 39.5 Å². The van der Waals surface area contributed by atoms with Gasteiger partial charge in [0, 0.05) is 25.5 Å². The zero-order valence-corrected chi connectivity index (χ0v) is 14.4. The fourth-order valence-corrected chi connectivity index (χ4v) is 2.17. The van der Waals surface area contributed by atoms with Gasteiger partial charge in [-0.15, -0.1) is 0 Å². The molecule has 0 aliphatic rings. The number of hydrogen-bond acceptors (Lipinski definition) is 2. The molecule has 0 saturated carbocycles. The Bertz CT molecular complexity index is 453. The summed E-state index contributed by atoms with van der Waals surface area (Å²) in [6, 6.07) is 17.1. The van der Waals surface area contributed by atoms with Gasteiger partial charge >= 0.3 is 0 Å². The van der Waals surface area contributed by atoms with E-state index in [1.54, 1.807) is 0 Å². The van der Waals surface area contributed by atoms with Crippen LogP contribution in [0.15, 0.2) is 48.5 Å². The Kier molecular flexibility index (Phi) is 8.82. The van der Waals surface area contributed by atoms with Gasteiger partial charge in [0.1, 0.15) is 0 Å². The van der Waals surface area contributed by atoms with Crippen molar-refractivity contribution in [1.29, 1.82) is 0 Å². The third-order valence-corrected chi connectivity index (χ3v) is 3.60. The molecule has 0 heterocycles. The zero-order valence-electron chi connectivity index (χ0n) is 14.4. The first-order chi connectivity index (χ1) is 10.7. The van der Waals surface area contributed by atoms with Gasteiger partial charge in [0.15, 0.2) is 0 Å². The van der Waals surface area contributed by atoms with Crippen LogP contribution in [0.25, 0.3) is 0 Å². The van der Waals surface area contributed by atoms with Gasteiger partial charge in [-0.25, -0.2) is 0 Å². The van der Waals surface area contributed by atoms with E-state index in [0.717, 1.165) is 17.8 Å². The lowest BCUT2D eigenvalue weighted by Crippen LogP contribution is -1.92. The van der Waals surface area contributed by atoms with Crippen LogP contribution >= 0.6 is 0 Å². The van der Waals surface area contributed by atoms with E-state index in [2.05, 4.69) is 73.0 Å². The lowest BCUT2D eigenvalue weighted by Gasteiger charge is -2.05. The summed E-state index contributed by atoms with van der Waals surface area (Å²) in [4.78, 5) is 0. The monoisotopic (exact) mass is 298 g/mol. The normalized spacial score (nSPS) is 9.64. The molecule has 0 fully saturated rings. The Labute approximate surface area is 136 Å². The molecular formula is C20H30N2. The molecule has 0 atom stereocenters. The molecule has 0 spiro atoms. The van der Waals surface area contributed by atoms with Crippen molar-refractivity contribution < 1.29 is 0 Å². The summed E-state index contributed by atoms with van der Waals surface area (Å²) in [5, 5.41) is 6.25. The summed E-state index contributed by atoms with van der Waals surface area (Å²) in [5.74, 6) is 0. The van der Waals surface area contributed by atoms with Gasteiger partial charge in [-0.2, -0.15) is 0 Å². The maximum atomic E-state index is 3.12. The Morgan fingerprint density at radius 1 is 0.636 bits per heavy atom. The van der Waals surface area contributed by atoms with Gasteiger partial charge in [-0.3, -0.25) is 0 Å². The van der Waals surface area contributed by atoms with Crippen LogP contribution in [-0.4, -0.2) is 14.1 Å². The first-order valence-corrected chi connectivity index (χ1v) is 8.26. The summed E-state index contributed by atoms with van der Waals surface area (Å²) in [6.07, 6.45) is 5.06. The first-order valence-electron chi connectivity index (χ1n) is 8.26. The van der Waals surface area contributed by atoms with Crippen LogP contribution in [0.4, 0.5) is 11.4 Å². The Hall–Kier alpha value is -1.96. The van der Waals surface area contributed by atoms with E-state index in [1.165, 1.54) is 30.4 Å². The maximum Gasteiger partial charge on any atom is 0.0337 e. The average Bonchev–Trinajstić information content (AvgIpc) is 2.57. The molecule has 0 aliphatic heterocycles. The van der Waals surface area contributed by atoms with Gasteiger partial charge < -0.3 is 10.6 Å². The maximum absolute atomic E-state index is 3.12. The number of benzene rings is 2. The van der Waals surface area contributed by atoms with E-state index in [0.29, 0.717) is 0 Å². The zero-order chi connectivity index (χ0) is 16.2. The van der Waals surface area contributed by atoms with E-state index >= 15 is 0 Å². The predicted molar refractivity (Wildman–Crippen MR) is 100.0 cm³/mol. The van der Waals surface area contributed by atoms with Crippen LogP contribution in [0, 0.1) is 0 Å². The number of nitrogens with one attached hydrogen (secondary N) is 2. The molecular weight excluding hydrogens is 268 g/mol. The third-order valence-electron chi connectivity index (χ3n) is 3.60. The second kappa shape index (κ2) is 10.7. The molecule has 0 aromatic heterocycles. The highest BCUT2D eigenvalue weighted by molar-refractivity contribution is 5.46. The van der Waals surface area contributed by atoms with Crippen LogP contribution in [0.1, 0.15) is 44.2 Å². The fraction of sp³-hybridized carbons (Fsp3) is 0.400. The van der Waals surface area contributed by atoms with Crippen molar-refractivity contribution in [1.82, 2.24) is 0 Å². The lowest BCUT2D eigenvalue weighted by molar-refractivity contribution is 0.772. The third kappa shape index (κ3) is 6.66. The summed E-state index contributed by atoms with van der Waals surface area (Å²) >= 11 is 0. The molecule has 2 nitrogen and oxygen atoms in total. The predicted octanol–water partition coefficient (Wildman–Crippen LogP) is 5.56. The Morgan fingerprint density at radius 2 is 1.00 bits per heavy atom. The second-order valence-corrected chi connectivity index (χ2v) is 5.42. The van der Waals surface area contributed by atoms with E-state index < -0.39 is 0 Å². The highest BCUT2D eigenvalue weighted by Crippen LogP contribution is 2.15. The topological polar surface area (TPSA) is 24.1 Å². The largest absolute Gasteiger partial charge is 0.388 e. The van der Waals surface area contributed by atoms with E-state index in [9.17, 15) is 0 Å². The molecule has 2 N–H and O–H groups in total. The van der Waals surface area contributed by atoms with E-state index in [4.69, 9.17) is 0 Å². The number of unbranched alkanes of at least 4 members (excludes halogenated alkanes) is 2. The molecule has 0 amide bonds. The molecule has 0 unspecified atom stereocenters. The van der Waals surface area contributed by atoms with Crippen molar-refractivity contribution in [3.63, 3.8) is 0 Å². The Morgan fingerprint density at radius 3 is 1.23 bits per heavy atom. The smallest absolute Gasteiger partial charge is 0.0337 e. The SMILES string of the molecule is CCCCC.CNc1ccc(Cc2ccc(NC)cc2)cc1. The van der Waals surface area contributed by atoms with Gasteiger partial charge in [-0.05, 0) is 41.8 Å². The van der Waals surface area contributed by atoms with Gasteiger partial charge in [0.05, 0.1) is 0 Å². The highest BCUT2D eigenvalue weighted by Gasteiger charge is 1.97. The van der Waals surface area contributed by atoms with E-state index in [1.807, 2.05) is 14.1 Å². The van der Waals surface area contributed by atoms with Crippen LogP contribution in [-0.2, 0) is 6.42 Å². The molecule has 120 valence electrons. The van der Waals surface area contributed by atoms with Crippen LogP contribution in [0.2, 0.25) is 0 Å². The van der Waals surface area contributed by atoms with Crippen LogP contribution < -0.4 is 10.6 Å². The fourth-order valence-electron chi connectivity index (χ4n) is 2.17. The summed E-state index contributed by atoms with van der Waals surface area (Å²) < 4.78 is 0. The molecule has 2 aromatic carbocycles. The minimum Gasteiger partial charge on any atom is -0.388 e. The standard InChI is InChI=1S/C15H18N2.C5H12/c1-16-14-7-3-12(4-8-14)11-13-5-9-15(17-2)10-6-13;1-3-5-4-2/h3-10,16-17H,11H2,1-2H3;3-5H2,1-2H3. The van der Waals surface area contributed by atoms with Crippen molar-refractivity contribution in [3.05, 3.63) is 59.7 Å². The summed E-state index contributed by atoms with van der Waals surface area (Å²) in [6.45, 7) is 4.42. The molecule has 2 rings (SSSR count). The molecule has 22 heavy (non-hydrogen) atoms. The van der Waals surface area contributed by atoms with Crippen LogP contribution in [0.5, 0.6) is 0 Å². The van der Waals surface area contributed by atoms with Gasteiger partial charge in [-0.1, -0.05) is 57.4 Å². The molecule has 2 aromatic rings. The van der Waals surface area contributed by atoms with Crippen molar-refractivity contribution in [3.8, 4) is 0 Å². The van der Waals surface area contributed by atoms with Gasteiger partial charge in [0.2, 0.25) is 0 Å². The van der Waals surface area contributed by atoms with E-state index in [-0.39, 0.29) is 0 Å². The van der Waals surface area contributed by atoms with Crippen molar-refractivity contribution in [2.24, 2.45) is 0 Å². The quantitative estimate of drug-likeness (QED) is 0.730. The van der Waals surface area contributed by atoms with Gasteiger partial charge in [0.25, 0.3) is 0 Å². The Balaban J connectivity index is 0.000000422. The number of rotatable bonds is 6. The number of anilines is 2. The molecule has 0 aliphatic carbocycles. The number of hydrogen-bond donors (Lipinski definition) is 2. The minimum atomic E-state index is 0.980. The van der Waals surface area contributed by atoms with Crippen molar-refractivity contribution in [2.75, 3.05) is 24.7 Å². The second-order valence-electron chi connectivity index (χ2n) is 5.42. The molecule has 2 heteroatoms. The van der Waals surface area contributed by atoms with Crippen LogP contribution in [0.3, 0.4) is 0 Å². The first kappa shape index (κ1) is 18.1. The minimum absolute atomic E-state index is 0.980. The summed E-state index contributed by atoms with van der Waals surface area (Å²) in [7, 11) is 3.87. The summed E-state index contributed by atoms with van der Waals surface area (Å²) in [5.41, 5.74) is 4.97. The lowest BCUT2D eigenvalue weighted by atomic mass is 10.0. The average molecular weight is 298 g/mol. The highest BCUT2D eigenvalue weighted by atomic mass is 14.8.